The maximum atomic E-state index is 12.8. The lowest BCUT2D eigenvalue weighted by Crippen LogP contribution is -2.41. The minimum atomic E-state index is -0.172. The predicted molar refractivity (Wildman–Crippen MR) is 69.3 cm³/mol. The molecular formula is C15H22FN. The second-order valence-electron chi connectivity index (χ2n) is 5.70. The average Bonchev–Trinajstić information content (AvgIpc) is 2.45. The maximum absolute atomic E-state index is 12.8. The molecule has 1 aliphatic carbocycles. The van der Waals surface area contributed by atoms with Crippen LogP contribution in [-0.4, -0.2) is 5.54 Å². The lowest BCUT2D eigenvalue weighted by molar-refractivity contribution is 0.363. The summed E-state index contributed by atoms with van der Waals surface area (Å²) in [7, 11) is 0. The molecule has 2 rings (SSSR count). The first kappa shape index (κ1) is 12.6. The van der Waals surface area contributed by atoms with Crippen LogP contribution < -0.4 is 5.73 Å². The van der Waals surface area contributed by atoms with Crippen molar-refractivity contribution in [3.8, 4) is 0 Å². The van der Waals surface area contributed by atoms with Gasteiger partial charge in [0.15, 0.2) is 0 Å². The van der Waals surface area contributed by atoms with Crippen LogP contribution >= 0.6 is 0 Å². The van der Waals surface area contributed by atoms with Crippen molar-refractivity contribution in [2.75, 3.05) is 0 Å². The molecule has 2 unspecified atom stereocenters. The molecule has 0 radical (unpaired) electrons. The van der Waals surface area contributed by atoms with Crippen LogP contribution in [-0.2, 0) is 6.42 Å². The van der Waals surface area contributed by atoms with E-state index in [2.05, 4.69) is 6.92 Å². The Morgan fingerprint density at radius 3 is 2.65 bits per heavy atom. The lowest BCUT2D eigenvalue weighted by Gasteiger charge is -2.28. The minimum absolute atomic E-state index is 0.0808. The summed E-state index contributed by atoms with van der Waals surface area (Å²) in [5.74, 6) is 0.628. The van der Waals surface area contributed by atoms with Crippen molar-refractivity contribution in [2.24, 2.45) is 11.7 Å². The highest BCUT2D eigenvalue weighted by Crippen LogP contribution is 2.30. The van der Waals surface area contributed by atoms with Crippen molar-refractivity contribution in [2.45, 2.75) is 51.0 Å². The van der Waals surface area contributed by atoms with Gasteiger partial charge in [-0.25, -0.2) is 4.39 Å². The highest BCUT2D eigenvalue weighted by atomic mass is 19.1. The summed E-state index contributed by atoms with van der Waals surface area (Å²) in [6.45, 7) is 2.31. The van der Waals surface area contributed by atoms with E-state index >= 15 is 0 Å². The zero-order valence-electron chi connectivity index (χ0n) is 10.6. The fraction of sp³-hybridized carbons (Fsp3) is 0.600. The Morgan fingerprint density at radius 1 is 1.24 bits per heavy atom. The van der Waals surface area contributed by atoms with E-state index in [4.69, 9.17) is 5.73 Å². The van der Waals surface area contributed by atoms with Crippen molar-refractivity contribution < 1.29 is 4.39 Å². The molecule has 1 saturated carbocycles. The molecule has 0 spiro atoms. The first-order valence-electron chi connectivity index (χ1n) is 6.61. The summed E-state index contributed by atoms with van der Waals surface area (Å²) in [5, 5.41) is 0. The van der Waals surface area contributed by atoms with Crippen LogP contribution in [0.1, 0.15) is 44.6 Å². The van der Waals surface area contributed by atoms with Gasteiger partial charge in [0, 0.05) is 5.54 Å². The topological polar surface area (TPSA) is 26.0 Å². The molecule has 1 fully saturated rings. The largest absolute Gasteiger partial charge is 0.325 e. The van der Waals surface area contributed by atoms with Gasteiger partial charge in [0.05, 0.1) is 0 Å². The predicted octanol–water partition coefficient (Wildman–Crippen LogP) is 3.67. The van der Waals surface area contributed by atoms with Gasteiger partial charge in [-0.2, -0.15) is 0 Å². The summed E-state index contributed by atoms with van der Waals surface area (Å²) < 4.78 is 12.8. The van der Waals surface area contributed by atoms with Crippen molar-refractivity contribution in [1.82, 2.24) is 0 Å². The van der Waals surface area contributed by atoms with Gasteiger partial charge in [0.1, 0.15) is 5.82 Å². The first-order chi connectivity index (χ1) is 8.07. The average molecular weight is 235 g/mol. The van der Waals surface area contributed by atoms with Gasteiger partial charge in [-0.15, -0.1) is 0 Å². The molecule has 1 nitrogen and oxygen atoms in total. The Balaban J connectivity index is 2.03. The Bertz CT molecular complexity index is 360. The van der Waals surface area contributed by atoms with E-state index in [1.54, 1.807) is 0 Å². The Morgan fingerprint density at radius 2 is 1.94 bits per heavy atom. The quantitative estimate of drug-likeness (QED) is 0.778. The molecule has 1 aromatic rings. The van der Waals surface area contributed by atoms with E-state index in [1.165, 1.54) is 31.4 Å². The Hall–Kier alpha value is -0.890. The Kier molecular flexibility index (Phi) is 3.82. The highest BCUT2D eigenvalue weighted by molar-refractivity contribution is 5.19. The van der Waals surface area contributed by atoms with Crippen LogP contribution in [0.15, 0.2) is 24.3 Å². The highest BCUT2D eigenvalue weighted by Gasteiger charge is 2.28. The van der Waals surface area contributed by atoms with E-state index in [0.717, 1.165) is 30.7 Å². The van der Waals surface area contributed by atoms with Crippen LogP contribution in [0, 0.1) is 11.7 Å². The third kappa shape index (κ3) is 3.53. The zero-order chi connectivity index (χ0) is 12.3. The molecule has 1 aliphatic rings. The van der Waals surface area contributed by atoms with Gasteiger partial charge in [-0.05, 0) is 49.3 Å². The van der Waals surface area contributed by atoms with Gasteiger partial charge in [-0.1, -0.05) is 31.9 Å². The molecule has 2 N–H and O–H groups in total. The van der Waals surface area contributed by atoms with Gasteiger partial charge in [-0.3, -0.25) is 0 Å². The normalized spacial score (nSPS) is 29.9. The number of benzene rings is 1. The number of hydrogen-bond acceptors (Lipinski definition) is 1. The van der Waals surface area contributed by atoms with Gasteiger partial charge < -0.3 is 5.73 Å². The van der Waals surface area contributed by atoms with Crippen LogP contribution in [0.2, 0.25) is 0 Å². The van der Waals surface area contributed by atoms with Crippen molar-refractivity contribution in [3.63, 3.8) is 0 Å². The van der Waals surface area contributed by atoms with Gasteiger partial charge in [0.25, 0.3) is 0 Å². The summed E-state index contributed by atoms with van der Waals surface area (Å²) in [4.78, 5) is 0. The maximum Gasteiger partial charge on any atom is 0.123 e. The van der Waals surface area contributed by atoms with Gasteiger partial charge >= 0.3 is 0 Å². The van der Waals surface area contributed by atoms with Crippen molar-refractivity contribution >= 4 is 0 Å². The second-order valence-corrected chi connectivity index (χ2v) is 5.70. The molecule has 0 saturated heterocycles. The number of nitrogens with two attached hydrogens (primary N) is 1. The number of halogens is 1. The molecule has 2 atom stereocenters. The molecule has 94 valence electrons. The number of rotatable bonds is 2. The first-order valence-corrected chi connectivity index (χ1v) is 6.61. The van der Waals surface area contributed by atoms with Crippen molar-refractivity contribution in [3.05, 3.63) is 35.6 Å². The second kappa shape index (κ2) is 5.18. The lowest BCUT2D eigenvalue weighted by atomic mass is 9.84. The molecule has 1 aromatic carbocycles. The monoisotopic (exact) mass is 235 g/mol. The third-order valence-electron chi connectivity index (χ3n) is 3.98. The van der Waals surface area contributed by atoms with Crippen LogP contribution in [0.5, 0.6) is 0 Å². The molecular weight excluding hydrogens is 213 g/mol. The van der Waals surface area contributed by atoms with Gasteiger partial charge in [0.2, 0.25) is 0 Å². The Labute approximate surface area is 103 Å². The molecule has 0 bridgehead atoms. The van der Waals surface area contributed by atoms with Crippen LogP contribution in [0.25, 0.3) is 0 Å². The van der Waals surface area contributed by atoms with E-state index in [0.29, 0.717) is 0 Å². The third-order valence-corrected chi connectivity index (χ3v) is 3.98. The summed E-state index contributed by atoms with van der Waals surface area (Å²) >= 11 is 0. The standard InChI is InChI=1S/C15H22FN/c1-12-3-2-9-15(17,10-8-12)11-13-4-6-14(16)7-5-13/h4-7,12H,2-3,8-11,17H2,1H3. The molecule has 0 amide bonds. The SMILES string of the molecule is CC1CCCC(N)(Cc2ccc(F)cc2)CC1. The number of hydrogen-bond donors (Lipinski definition) is 1. The summed E-state index contributed by atoms with van der Waals surface area (Å²) in [6.07, 6.45) is 6.79. The minimum Gasteiger partial charge on any atom is -0.325 e. The molecule has 17 heavy (non-hydrogen) atoms. The van der Waals surface area contributed by atoms with Crippen LogP contribution in [0.3, 0.4) is 0 Å². The van der Waals surface area contributed by atoms with E-state index < -0.39 is 0 Å². The fourth-order valence-electron chi connectivity index (χ4n) is 2.79. The van der Waals surface area contributed by atoms with E-state index in [9.17, 15) is 4.39 Å². The molecule has 0 heterocycles. The fourth-order valence-corrected chi connectivity index (χ4v) is 2.79. The van der Waals surface area contributed by atoms with Crippen LogP contribution in [0.4, 0.5) is 4.39 Å². The summed E-state index contributed by atoms with van der Waals surface area (Å²) in [6, 6.07) is 6.77. The van der Waals surface area contributed by atoms with Crippen molar-refractivity contribution in [1.29, 1.82) is 0 Å². The zero-order valence-corrected chi connectivity index (χ0v) is 10.6. The summed E-state index contributed by atoms with van der Waals surface area (Å²) in [5.41, 5.74) is 7.57. The molecule has 2 heteroatoms. The molecule has 0 aromatic heterocycles. The van der Waals surface area contributed by atoms with E-state index in [1.807, 2.05) is 12.1 Å². The van der Waals surface area contributed by atoms with E-state index in [-0.39, 0.29) is 11.4 Å². The smallest absolute Gasteiger partial charge is 0.123 e. The molecule has 0 aliphatic heterocycles.